The molecule has 1 N–H and O–H groups in total. The van der Waals surface area contributed by atoms with Gasteiger partial charge in [-0.3, -0.25) is 9.59 Å². The van der Waals surface area contributed by atoms with Gasteiger partial charge in [0.1, 0.15) is 11.6 Å². The number of benzene rings is 3. The number of hydrogen-bond acceptors (Lipinski definition) is 5. The Morgan fingerprint density at radius 3 is 2.48 bits per heavy atom. The van der Waals surface area contributed by atoms with Gasteiger partial charge in [-0.1, -0.05) is 49.6 Å². The van der Waals surface area contributed by atoms with Crippen LogP contribution in [0, 0.1) is 20.8 Å². The van der Waals surface area contributed by atoms with Gasteiger partial charge in [0, 0.05) is 34.2 Å². The van der Waals surface area contributed by atoms with E-state index in [-0.39, 0.29) is 24.0 Å². The van der Waals surface area contributed by atoms with Crippen molar-refractivity contribution >= 4 is 28.7 Å². The number of aromatic nitrogens is 3. The van der Waals surface area contributed by atoms with Gasteiger partial charge in [0.05, 0.1) is 17.1 Å². The number of aryl methyl sites for hydroxylation is 2. The molecular weight excluding hydrogens is 550 g/mol. The minimum Gasteiger partial charge on any atom is -0.484 e. The third kappa shape index (κ3) is 6.06. The number of amides is 1. The van der Waals surface area contributed by atoms with Gasteiger partial charge in [0.25, 0.3) is 11.5 Å². The first-order valence-corrected chi connectivity index (χ1v) is 15.2. The van der Waals surface area contributed by atoms with Crippen LogP contribution in [-0.2, 0) is 4.79 Å². The molecule has 1 amide bonds. The molecule has 3 aromatic carbocycles. The fourth-order valence-corrected chi connectivity index (χ4v) is 6.05. The van der Waals surface area contributed by atoms with Crippen molar-refractivity contribution in [2.24, 2.45) is 5.10 Å². The number of fused-ring (bicyclic) bond motifs is 1. The summed E-state index contributed by atoms with van der Waals surface area (Å²) >= 11 is 0. The molecule has 0 unspecified atom stereocenters. The largest absolute Gasteiger partial charge is 0.484 e. The molecule has 0 aliphatic heterocycles. The van der Waals surface area contributed by atoms with E-state index in [9.17, 15) is 9.59 Å². The van der Waals surface area contributed by atoms with Gasteiger partial charge in [0.2, 0.25) is 0 Å². The lowest BCUT2D eigenvalue weighted by Crippen LogP contribution is -2.25. The smallest absolute Gasteiger partial charge is 0.282 e. The lowest BCUT2D eigenvalue weighted by Gasteiger charge is -2.22. The summed E-state index contributed by atoms with van der Waals surface area (Å²) in [4.78, 5) is 30.9. The van der Waals surface area contributed by atoms with E-state index in [1.807, 2.05) is 93.6 Å². The molecule has 0 radical (unpaired) electrons. The molecule has 44 heavy (non-hydrogen) atoms. The molecule has 0 atom stereocenters. The van der Waals surface area contributed by atoms with E-state index in [2.05, 4.69) is 16.0 Å². The van der Waals surface area contributed by atoms with Crippen molar-refractivity contribution in [1.82, 2.24) is 14.2 Å². The number of ether oxygens (including phenoxy) is 1. The molecule has 0 bridgehead atoms. The van der Waals surface area contributed by atoms with Crippen LogP contribution in [0.4, 0.5) is 5.69 Å². The average Bonchev–Trinajstić information content (AvgIpc) is 3.33. The molecule has 8 nitrogen and oxygen atoms in total. The Hall–Kier alpha value is -4.98. The van der Waals surface area contributed by atoms with E-state index in [0.29, 0.717) is 11.1 Å². The highest BCUT2D eigenvalue weighted by molar-refractivity contribution is 5.92. The quantitative estimate of drug-likeness (QED) is 0.197. The fourth-order valence-electron chi connectivity index (χ4n) is 6.05. The molecule has 2 heterocycles. The molecular formula is C36H37N5O3. The van der Waals surface area contributed by atoms with Crippen molar-refractivity contribution in [3.63, 3.8) is 0 Å². The Morgan fingerprint density at radius 2 is 1.70 bits per heavy atom. The van der Waals surface area contributed by atoms with Gasteiger partial charge in [-0.05, 0) is 87.7 Å². The van der Waals surface area contributed by atoms with E-state index in [4.69, 9.17) is 14.8 Å². The van der Waals surface area contributed by atoms with Crippen molar-refractivity contribution < 1.29 is 9.53 Å². The Morgan fingerprint density at radius 1 is 0.977 bits per heavy atom. The number of para-hydroxylation sites is 2. The lowest BCUT2D eigenvalue weighted by molar-refractivity contribution is -0.118. The molecule has 1 saturated carbocycles. The number of nitrogens with one attached hydrogen (secondary N) is 1. The SMILES string of the molecule is Cc1ccccc1NC(=O)COc1ccc(-n2c(C)cc(C=Nn3c(C4CCCCC4)nc4ccccc4c3=O)c2C)cc1. The molecule has 1 aliphatic rings. The highest BCUT2D eigenvalue weighted by atomic mass is 16.5. The molecule has 0 saturated heterocycles. The highest BCUT2D eigenvalue weighted by Gasteiger charge is 2.22. The van der Waals surface area contributed by atoms with Crippen molar-refractivity contribution in [3.8, 4) is 11.4 Å². The van der Waals surface area contributed by atoms with Crippen molar-refractivity contribution in [2.45, 2.75) is 58.8 Å². The summed E-state index contributed by atoms with van der Waals surface area (Å²) in [6, 6.07) is 24.9. The molecule has 5 aromatic rings. The van der Waals surface area contributed by atoms with Gasteiger partial charge in [-0.15, -0.1) is 0 Å². The zero-order valence-electron chi connectivity index (χ0n) is 25.4. The molecule has 224 valence electrons. The first-order valence-electron chi connectivity index (χ1n) is 15.2. The van der Waals surface area contributed by atoms with Crippen LogP contribution >= 0.6 is 0 Å². The molecule has 0 spiro atoms. The van der Waals surface area contributed by atoms with Crippen LogP contribution < -0.4 is 15.6 Å². The van der Waals surface area contributed by atoms with Gasteiger partial charge in [-0.2, -0.15) is 9.78 Å². The Balaban J connectivity index is 1.21. The second-order valence-electron chi connectivity index (χ2n) is 11.5. The number of carbonyl (C=O) groups is 1. The predicted octanol–water partition coefficient (Wildman–Crippen LogP) is 7.06. The van der Waals surface area contributed by atoms with Crippen LogP contribution in [0.1, 0.15) is 66.4 Å². The maximum Gasteiger partial charge on any atom is 0.282 e. The molecule has 1 fully saturated rings. The summed E-state index contributed by atoms with van der Waals surface area (Å²) in [6.45, 7) is 5.95. The number of hydrogen-bond donors (Lipinski definition) is 1. The molecule has 2 aromatic heterocycles. The number of anilines is 1. The summed E-state index contributed by atoms with van der Waals surface area (Å²) in [5.74, 6) is 1.37. The van der Waals surface area contributed by atoms with E-state index in [0.717, 1.165) is 70.9 Å². The number of rotatable bonds is 8. The van der Waals surface area contributed by atoms with Gasteiger partial charge >= 0.3 is 0 Å². The fraction of sp³-hybridized carbons (Fsp3) is 0.278. The van der Waals surface area contributed by atoms with Crippen LogP contribution in [-0.4, -0.2) is 33.0 Å². The van der Waals surface area contributed by atoms with Crippen LogP contribution in [0.2, 0.25) is 0 Å². The van der Waals surface area contributed by atoms with E-state index in [1.54, 1.807) is 6.21 Å². The zero-order valence-corrected chi connectivity index (χ0v) is 25.4. The maximum atomic E-state index is 13.6. The second kappa shape index (κ2) is 12.7. The van der Waals surface area contributed by atoms with Gasteiger partial charge in [-0.25, -0.2) is 4.98 Å². The van der Waals surface area contributed by atoms with Crippen LogP contribution in [0.25, 0.3) is 16.6 Å². The van der Waals surface area contributed by atoms with Crippen molar-refractivity contribution in [1.29, 1.82) is 0 Å². The average molecular weight is 588 g/mol. The maximum absolute atomic E-state index is 13.6. The van der Waals surface area contributed by atoms with Crippen LogP contribution in [0.15, 0.2) is 88.8 Å². The predicted molar refractivity (Wildman–Crippen MR) is 175 cm³/mol. The summed E-state index contributed by atoms with van der Waals surface area (Å²) in [6.07, 6.45) is 7.32. The Labute approximate surface area is 257 Å². The minimum atomic E-state index is -0.211. The number of carbonyl (C=O) groups excluding carboxylic acids is 1. The monoisotopic (exact) mass is 587 g/mol. The molecule has 6 rings (SSSR count). The Bertz CT molecular complexity index is 1900. The standard InChI is InChI=1S/C36H37N5O3/c1-24-11-7-9-15-32(24)38-34(42)23-44-30-19-17-29(18-20-30)40-25(2)21-28(26(40)3)22-37-41-35(27-12-5-4-6-13-27)39-33-16-10-8-14-31(33)36(41)43/h7-11,14-22,27H,4-6,12-13,23H2,1-3H3,(H,38,42). The van der Waals surface area contributed by atoms with Crippen LogP contribution in [0.3, 0.4) is 0 Å². The Kier molecular flexibility index (Phi) is 8.41. The third-order valence-corrected chi connectivity index (χ3v) is 8.42. The van der Waals surface area contributed by atoms with Crippen LogP contribution in [0.5, 0.6) is 5.75 Å². The topological polar surface area (TPSA) is 90.5 Å². The number of nitrogens with zero attached hydrogens (tertiary/aromatic N) is 4. The van der Waals surface area contributed by atoms with E-state index >= 15 is 0 Å². The molecule has 1 aliphatic carbocycles. The highest BCUT2D eigenvalue weighted by Crippen LogP contribution is 2.32. The minimum absolute atomic E-state index is 0.0816. The van der Waals surface area contributed by atoms with E-state index < -0.39 is 0 Å². The normalized spacial score (nSPS) is 13.9. The molecule has 8 heteroatoms. The third-order valence-electron chi connectivity index (χ3n) is 8.42. The van der Waals surface area contributed by atoms with Crippen molar-refractivity contribution in [3.05, 3.63) is 118 Å². The first kappa shape index (κ1) is 29.1. The van der Waals surface area contributed by atoms with Gasteiger partial charge in [0.15, 0.2) is 6.61 Å². The van der Waals surface area contributed by atoms with Gasteiger partial charge < -0.3 is 14.6 Å². The summed E-state index contributed by atoms with van der Waals surface area (Å²) in [5, 5.41) is 8.21. The first-order chi connectivity index (χ1) is 21.4. The second-order valence-corrected chi connectivity index (χ2v) is 11.5. The lowest BCUT2D eigenvalue weighted by atomic mass is 9.88. The summed E-state index contributed by atoms with van der Waals surface area (Å²) in [7, 11) is 0. The summed E-state index contributed by atoms with van der Waals surface area (Å²) < 4.78 is 9.40. The zero-order chi connectivity index (χ0) is 30.6. The van der Waals surface area contributed by atoms with E-state index in [1.165, 1.54) is 11.1 Å². The van der Waals surface area contributed by atoms with Crippen molar-refractivity contribution in [2.75, 3.05) is 11.9 Å². The summed E-state index contributed by atoms with van der Waals surface area (Å²) in [5.41, 5.74) is 6.28.